The summed E-state index contributed by atoms with van der Waals surface area (Å²) in [5.41, 5.74) is 1.93. The maximum Gasteiger partial charge on any atom is 0.280 e. The van der Waals surface area contributed by atoms with E-state index in [0.29, 0.717) is 11.3 Å². The van der Waals surface area contributed by atoms with E-state index in [9.17, 15) is 14.0 Å². The van der Waals surface area contributed by atoms with E-state index >= 15 is 0 Å². The highest BCUT2D eigenvalue weighted by Crippen LogP contribution is 2.35. The fraction of sp³-hybridized carbons (Fsp3) is 0.320. The molecule has 1 aliphatic carbocycles. The van der Waals surface area contributed by atoms with E-state index in [2.05, 4.69) is 9.69 Å². The third kappa shape index (κ3) is 5.43. The molecular weight excluding hydrogens is 496 g/mol. The number of rotatable bonds is 6. The van der Waals surface area contributed by atoms with Gasteiger partial charge in [0.05, 0.1) is 0 Å². The van der Waals surface area contributed by atoms with Crippen molar-refractivity contribution in [2.24, 2.45) is 0 Å². The molecule has 2 aromatic carbocycles. The number of nitrogens with one attached hydrogen (secondary N) is 1. The van der Waals surface area contributed by atoms with Crippen LogP contribution < -0.4 is 10.2 Å². The van der Waals surface area contributed by atoms with Crippen LogP contribution in [0.5, 0.6) is 0 Å². The number of carbonyl (C=O) groups excluding carboxylic acids is 2. The molecule has 0 aliphatic heterocycles. The Balaban J connectivity index is 1.81. The normalized spacial score (nSPS) is 15.1. The van der Waals surface area contributed by atoms with Gasteiger partial charge < -0.3 is 5.32 Å². The van der Waals surface area contributed by atoms with Gasteiger partial charge in [0.15, 0.2) is 5.69 Å². The topological polar surface area (TPSA) is 62.3 Å². The highest BCUT2D eigenvalue weighted by molar-refractivity contribution is 7.11. The summed E-state index contributed by atoms with van der Waals surface area (Å²) in [5, 5.41) is 3.16. The van der Waals surface area contributed by atoms with Crippen LogP contribution >= 0.6 is 34.7 Å². The molecule has 1 heterocycles. The van der Waals surface area contributed by atoms with Gasteiger partial charge in [-0.05, 0) is 61.1 Å². The molecule has 34 heavy (non-hydrogen) atoms. The van der Waals surface area contributed by atoms with Crippen molar-refractivity contribution in [1.29, 1.82) is 0 Å². The van der Waals surface area contributed by atoms with Crippen LogP contribution in [-0.4, -0.2) is 22.2 Å². The van der Waals surface area contributed by atoms with Gasteiger partial charge in [0.2, 0.25) is 5.91 Å². The minimum atomic E-state index is -1.06. The molecule has 1 N–H and O–H groups in total. The largest absolute Gasteiger partial charge is 0.351 e. The van der Waals surface area contributed by atoms with Crippen molar-refractivity contribution in [1.82, 2.24) is 9.69 Å². The van der Waals surface area contributed by atoms with E-state index in [1.165, 1.54) is 29.2 Å². The number of hydrogen-bond acceptors (Lipinski definition) is 4. The van der Waals surface area contributed by atoms with Gasteiger partial charge in [0.1, 0.15) is 21.2 Å². The lowest BCUT2D eigenvalue weighted by Crippen LogP contribution is -2.47. The van der Waals surface area contributed by atoms with Crippen LogP contribution in [0.2, 0.25) is 9.36 Å². The summed E-state index contributed by atoms with van der Waals surface area (Å²) in [6.45, 7) is 1.93. The Bertz CT molecular complexity index is 1160. The lowest BCUT2D eigenvalue weighted by Gasteiger charge is -2.33. The SMILES string of the molecule is Cc1ccc(N(C(=O)c2nsc(Cl)c2Cl)C(C(=O)NC2CCCCC2)c2ccc(F)cc2)cc1. The highest BCUT2D eigenvalue weighted by Gasteiger charge is 2.36. The molecule has 0 spiro atoms. The molecule has 1 atom stereocenters. The maximum absolute atomic E-state index is 13.8. The van der Waals surface area contributed by atoms with Crippen molar-refractivity contribution < 1.29 is 14.0 Å². The van der Waals surface area contributed by atoms with Crippen LogP contribution in [-0.2, 0) is 4.79 Å². The van der Waals surface area contributed by atoms with E-state index in [0.717, 1.165) is 49.2 Å². The quantitative estimate of drug-likeness (QED) is 0.392. The minimum absolute atomic E-state index is 0.0245. The second-order valence-electron chi connectivity index (χ2n) is 8.43. The summed E-state index contributed by atoms with van der Waals surface area (Å²) in [6, 6.07) is 11.8. The molecule has 178 valence electrons. The Hall–Kier alpha value is -2.48. The molecule has 2 amide bonds. The number of aryl methyl sites for hydroxylation is 1. The molecule has 1 fully saturated rings. The number of anilines is 1. The molecule has 3 aromatic rings. The Morgan fingerprint density at radius 1 is 1.06 bits per heavy atom. The van der Waals surface area contributed by atoms with Crippen LogP contribution in [0.1, 0.15) is 59.8 Å². The predicted molar refractivity (Wildman–Crippen MR) is 134 cm³/mol. The number of hydrogen-bond donors (Lipinski definition) is 1. The van der Waals surface area contributed by atoms with Gasteiger partial charge in [-0.3, -0.25) is 14.5 Å². The van der Waals surface area contributed by atoms with Gasteiger partial charge in [-0.15, -0.1) is 0 Å². The highest BCUT2D eigenvalue weighted by atomic mass is 35.5. The first-order chi connectivity index (χ1) is 16.3. The molecule has 0 bridgehead atoms. The van der Waals surface area contributed by atoms with Crippen LogP contribution in [0.4, 0.5) is 10.1 Å². The first kappa shape index (κ1) is 24.6. The lowest BCUT2D eigenvalue weighted by molar-refractivity contribution is -0.123. The van der Waals surface area contributed by atoms with Crippen LogP contribution in [0.3, 0.4) is 0 Å². The maximum atomic E-state index is 13.8. The summed E-state index contributed by atoms with van der Waals surface area (Å²) >= 11 is 13.3. The minimum Gasteiger partial charge on any atom is -0.351 e. The second-order valence-corrected chi connectivity index (χ2v) is 10.2. The summed E-state index contributed by atoms with van der Waals surface area (Å²) in [6.07, 6.45) is 4.99. The zero-order valence-corrected chi connectivity index (χ0v) is 20.9. The zero-order valence-electron chi connectivity index (χ0n) is 18.6. The van der Waals surface area contributed by atoms with Gasteiger partial charge in [-0.1, -0.05) is 72.3 Å². The van der Waals surface area contributed by atoms with Gasteiger partial charge in [-0.2, -0.15) is 4.37 Å². The van der Waals surface area contributed by atoms with Gasteiger partial charge >= 0.3 is 0 Å². The molecule has 5 nitrogen and oxygen atoms in total. The fourth-order valence-corrected chi connectivity index (χ4v) is 5.17. The van der Waals surface area contributed by atoms with Gasteiger partial charge in [-0.25, -0.2) is 4.39 Å². The zero-order chi connectivity index (χ0) is 24.2. The van der Waals surface area contributed by atoms with Crippen molar-refractivity contribution in [2.45, 2.75) is 51.1 Å². The first-order valence-electron chi connectivity index (χ1n) is 11.1. The Morgan fingerprint density at radius 3 is 2.29 bits per heavy atom. The van der Waals surface area contributed by atoms with E-state index in [1.54, 1.807) is 12.1 Å². The summed E-state index contributed by atoms with van der Waals surface area (Å²) in [5.74, 6) is -1.34. The number of benzene rings is 2. The Labute approximate surface area is 212 Å². The average Bonchev–Trinajstić information content (AvgIpc) is 3.17. The van der Waals surface area contributed by atoms with Crippen molar-refractivity contribution in [3.05, 3.63) is 80.5 Å². The monoisotopic (exact) mass is 519 g/mol. The van der Waals surface area contributed by atoms with Crippen LogP contribution in [0.25, 0.3) is 0 Å². The van der Waals surface area contributed by atoms with Crippen molar-refractivity contribution in [2.75, 3.05) is 4.90 Å². The summed E-state index contributed by atoms with van der Waals surface area (Å²) in [4.78, 5) is 28.9. The average molecular weight is 520 g/mol. The van der Waals surface area contributed by atoms with Crippen molar-refractivity contribution in [3.63, 3.8) is 0 Å². The summed E-state index contributed by atoms with van der Waals surface area (Å²) < 4.78 is 18.1. The molecule has 1 aliphatic rings. The van der Waals surface area contributed by atoms with E-state index < -0.39 is 17.8 Å². The first-order valence-corrected chi connectivity index (χ1v) is 12.6. The lowest BCUT2D eigenvalue weighted by atomic mass is 9.94. The smallest absolute Gasteiger partial charge is 0.280 e. The van der Waals surface area contributed by atoms with E-state index in [1.807, 2.05) is 19.1 Å². The third-order valence-corrected chi connectivity index (χ3v) is 7.59. The molecule has 9 heteroatoms. The van der Waals surface area contributed by atoms with Crippen molar-refractivity contribution >= 4 is 52.2 Å². The fourth-order valence-electron chi connectivity index (χ4n) is 4.18. The van der Waals surface area contributed by atoms with Crippen LogP contribution in [0.15, 0.2) is 48.5 Å². The second kappa shape index (κ2) is 10.8. The van der Waals surface area contributed by atoms with Crippen molar-refractivity contribution in [3.8, 4) is 0 Å². The third-order valence-electron chi connectivity index (χ3n) is 5.97. The number of amides is 2. The number of halogens is 3. The number of carbonyl (C=O) groups is 2. The molecule has 1 saturated carbocycles. The molecule has 0 saturated heterocycles. The summed E-state index contributed by atoms with van der Waals surface area (Å²) in [7, 11) is 0. The standard InChI is InChI=1S/C25H24Cl2FN3O2S/c1-15-7-13-19(14-8-15)31(25(33)21-20(26)23(27)34-30-21)22(16-9-11-17(28)12-10-16)24(32)29-18-5-3-2-4-6-18/h7-14,18,22H,2-6H2,1H3,(H,29,32). The van der Waals surface area contributed by atoms with Gasteiger partial charge in [0.25, 0.3) is 5.91 Å². The van der Waals surface area contributed by atoms with Gasteiger partial charge in [0, 0.05) is 11.7 Å². The molecule has 1 aromatic heterocycles. The Kier molecular flexibility index (Phi) is 7.86. The molecule has 1 unspecified atom stereocenters. The van der Waals surface area contributed by atoms with Crippen LogP contribution in [0, 0.1) is 12.7 Å². The van der Waals surface area contributed by atoms with E-state index in [4.69, 9.17) is 23.2 Å². The molecule has 0 radical (unpaired) electrons. The predicted octanol–water partition coefficient (Wildman–Crippen LogP) is 6.73. The Morgan fingerprint density at radius 2 is 1.71 bits per heavy atom. The van der Waals surface area contributed by atoms with E-state index in [-0.39, 0.29) is 27.0 Å². The number of nitrogens with zero attached hydrogens (tertiary/aromatic N) is 2. The molecule has 4 rings (SSSR count). The number of aromatic nitrogens is 1. The molecular formula is C25H24Cl2FN3O2S.